The second-order valence-electron chi connectivity index (χ2n) is 4.52. The molecule has 0 saturated carbocycles. The van der Waals surface area contributed by atoms with E-state index in [-0.39, 0.29) is 5.54 Å². The molecule has 16 heavy (non-hydrogen) atoms. The highest BCUT2D eigenvalue weighted by Gasteiger charge is 2.25. The van der Waals surface area contributed by atoms with E-state index in [0.717, 1.165) is 25.5 Å². The van der Waals surface area contributed by atoms with E-state index in [4.69, 9.17) is 5.73 Å². The highest BCUT2D eigenvalue weighted by Crippen LogP contribution is 2.15. The Bertz CT molecular complexity index is 318. The summed E-state index contributed by atoms with van der Waals surface area (Å²) in [4.78, 5) is 6.61. The van der Waals surface area contributed by atoms with Gasteiger partial charge in [-0.25, -0.2) is 9.67 Å². The van der Waals surface area contributed by atoms with Crippen LogP contribution in [-0.4, -0.2) is 38.3 Å². The molecule has 0 aliphatic heterocycles. The second kappa shape index (κ2) is 5.41. The third-order valence-corrected chi connectivity index (χ3v) is 3.06. The van der Waals surface area contributed by atoms with Gasteiger partial charge in [0.2, 0.25) is 0 Å². The van der Waals surface area contributed by atoms with Gasteiger partial charge in [0.1, 0.15) is 12.2 Å². The quantitative estimate of drug-likeness (QED) is 0.780. The lowest BCUT2D eigenvalue weighted by atomic mass is 10.0. The van der Waals surface area contributed by atoms with Crippen molar-refractivity contribution >= 4 is 0 Å². The molecule has 92 valence electrons. The van der Waals surface area contributed by atoms with Crippen LogP contribution < -0.4 is 5.73 Å². The largest absolute Gasteiger partial charge is 0.329 e. The van der Waals surface area contributed by atoms with E-state index in [1.54, 1.807) is 6.33 Å². The average molecular weight is 225 g/mol. The third-order valence-electron chi connectivity index (χ3n) is 3.06. The monoisotopic (exact) mass is 225 g/mol. The highest BCUT2D eigenvalue weighted by atomic mass is 15.4. The fourth-order valence-electron chi connectivity index (χ4n) is 1.73. The normalized spacial score (nSPS) is 12.4. The number of nitrogens with two attached hydrogens (primary N) is 1. The molecular weight excluding hydrogens is 202 g/mol. The topological polar surface area (TPSA) is 60.0 Å². The predicted octanol–water partition coefficient (Wildman–Crippen LogP) is 0.857. The van der Waals surface area contributed by atoms with E-state index in [9.17, 15) is 0 Å². The van der Waals surface area contributed by atoms with Crippen molar-refractivity contribution in [2.45, 2.75) is 46.3 Å². The molecule has 1 aromatic heterocycles. The molecule has 0 unspecified atom stereocenters. The van der Waals surface area contributed by atoms with Gasteiger partial charge in [-0.2, -0.15) is 5.10 Å². The van der Waals surface area contributed by atoms with Crippen LogP contribution in [0.5, 0.6) is 0 Å². The Labute approximate surface area is 97.6 Å². The van der Waals surface area contributed by atoms with Crippen LogP contribution in [0.15, 0.2) is 6.33 Å². The van der Waals surface area contributed by atoms with Crippen LogP contribution in [0.1, 0.15) is 33.5 Å². The molecule has 0 bridgehead atoms. The lowest BCUT2D eigenvalue weighted by Crippen LogP contribution is -2.49. The minimum atomic E-state index is -0.000723. The van der Waals surface area contributed by atoms with Gasteiger partial charge in [0.25, 0.3) is 0 Å². The van der Waals surface area contributed by atoms with Crippen LogP contribution in [0, 0.1) is 0 Å². The Balaban J connectivity index is 2.78. The third kappa shape index (κ3) is 2.80. The molecule has 1 heterocycles. The van der Waals surface area contributed by atoms with Gasteiger partial charge in [-0.3, -0.25) is 4.90 Å². The van der Waals surface area contributed by atoms with Crippen molar-refractivity contribution < 1.29 is 0 Å². The fraction of sp³-hybridized carbons (Fsp3) is 0.818. The van der Waals surface area contributed by atoms with Crippen LogP contribution in [0.2, 0.25) is 0 Å². The molecule has 5 nitrogen and oxygen atoms in total. The van der Waals surface area contributed by atoms with Gasteiger partial charge in [0, 0.05) is 18.6 Å². The number of rotatable bonds is 6. The SMILES string of the molecule is CCN(Cc1ncnn1CC)C(C)(C)CN. The predicted molar refractivity (Wildman–Crippen MR) is 64.9 cm³/mol. The van der Waals surface area contributed by atoms with Gasteiger partial charge in [-0.1, -0.05) is 6.92 Å². The lowest BCUT2D eigenvalue weighted by molar-refractivity contribution is 0.120. The number of hydrogen-bond acceptors (Lipinski definition) is 4. The van der Waals surface area contributed by atoms with Gasteiger partial charge in [0.15, 0.2) is 0 Å². The Morgan fingerprint density at radius 2 is 2.12 bits per heavy atom. The van der Waals surface area contributed by atoms with Crippen LogP contribution in [-0.2, 0) is 13.1 Å². The van der Waals surface area contributed by atoms with Gasteiger partial charge in [-0.05, 0) is 27.3 Å². The summed E-state index contributed by atoms with van der Waals surface area (Å²) in [6.07, 6.45) is 1.61. The van der Waals surface area contributed by atoms with Crippen molar-refractivity contribution in [2.75, 3.05) is 13.1 Å². The molecule has 1 aromatic rings. The summed E-state index contributed by atoms with van der Waals surface area (Å²) in [5.41, 5.74) is 5.80. The summed E-state index contributed by atoms with van der Waals surface area (Å²) >= 11 is 0. The van der Waals surface area contributed by atoms with Crippen molar-refractivity contribution in [3.8, 4) is 0 Å². The molecular formula is C11H23N5. The van der Waals surface area contributed by atoms with Crippen molar-refractivity contribution in [1.29, 1.82) is 0 Å². The number of aromatic nitrogens is 3. The molecule has 0 fully saturated rings. The van der Waals surface area contributed by atoms with Gasteiger partial charge >= 0.3 is 0 Å². The minimum Gasteiger partial charge on any atom is -0.329 e. The zero-order valence-corrected chi connectivity index (χ0v) is 10.8. The van der Waals surface area contributed by atoms with E-state index in [0.29, 0.717) is 6.54 Å². The minimum absolute atomic E-state index is 0.000723. The summed E-state index contributed by atoms with van der Waals surface area (Å²) in [7, 11) is 0. The van der Waals surface area contributed by atoms with Gasteiger partial charge in [-0.15, -0.1) is 0 Å². The Hall–Kier alpha value is -0.940. The zero-order chi connectivity index (χ0) is 12.2. The fourth-order valence-corrected chi connectivity index (χ4v) is 1.73. The number of likely N-dealkylation sites (N-methyl/N-ethyl adjacent to an activating group) is 1. The first kappa shape index (κ1) is 13.1. The maximum Gasteiger partial charge on any atom is 0.141 e. The summed E-state index contributed by atoms with van der Waals surface area (Å²) < 4.78 is 1.93. The number of aryl methyl sites for hydroxylation is 1. The molecule has 0 saturated heterocycles. The maximum absolute atomic E-state index is 5.80. The van der Waals surface area contributed by atoms with Crippen molar-refractivity contribution in [3.63, 3.8) is 0 Å². The first-order chi connectivity index (χ1) is 7.55. The van der Waals surface area contributed by atoms with Crippen molar-refractivity contribution in [2.24, 2.45) is 5.73 Å². The van der Waals surface area contributed by atoms with Gasteiger partial charge in [0.05, 0.1) is 6.54 Å². The molecule has 0 aliphatic carbocycles. The van der Waals surface area contributed by atoms with E-state index < -0.39 is 0 Å². The number of nitrogens with zero attached hydrogens (tertiary/aromatic N) is 4. The van der Waals surface area contributed by atoms with E-state index in [2.05, 4.69) is 42.7 Å². The van der Waals surface area contributed by atoms with Crippen LogP contribution in [0.3, 0.4) is 0 Å². The van der Waals surface area contributed by atoms with Crippen LogP contribution in [0.4, 0.5) is 0 Å². The summed E-state index contributed by atoms with van der Waals surface area (Å²) in [5, 5.41) is 4.18. The van der Waals surface area contributed by atoms with E-state index in [1.807, 2.05) is 4.68 Å². The molecule has 0 atom stereocenters. The average Bonchev–Trinajstić information content (AvgIpc) is 2.72. The smallest absolute Gasteiger partial charge is 0.141 e. The highest BCUT2D eigenvalue weighted by molar-refractivity contribution is 4.90. The molecule has 1 rings (SSSR count). The van der Waals surface area contributed by atoms with Crippen molar-refractivity contribution in [3.05, 3.63) is 12.2 Å². The molecule has 0 spiro atoms. The first-order valence-corrected chi connectivity index (χ1v) is 5.87. The molecule has 0 amide bonds. The Morgan fingerprint density at radius 3 is 2.62 bits per heavy atom. The van der Waals surface area contributed by atoms with Crippen LogP contribution in [0.25, 0.3) is 0 Å². The molecule has 0 radical (unpaired) electrons. The maximum atomic E-state index is 5.80. The lowest BCUT2D eigenvalue weighted by Gasteiger charge is -2.36. The summed E-state index contributed by atoms with van der Waals surface area (Å²) in [6, 6.07) is 0. The Morgan fingerprint density at radius 1 is 1.44 bits per heavy atom. The molecule has 0 aliphatic rings. The second-order valence-corrected chi connectivity index (χ2v) is 4.52. The van der Waals surface area contributed by atoms with Crippen molar-refractivity contribution in [1.82, 2.24) is 19.7 Å². The Kier molecular flexibility index (Phi) is 4.44. The van der Waals surface area contributed by atoms with Crippen LogP contribution >= 0.6 is 0 Å². The first-order valence-electron chi connectivity index (χ1n) is 5.87. The molecule has 0 aromatic carbocycles. The molecule has 5 heteroatoms. The van der Waals surface area contributed by atoms with E-state index in [1.165, 1.54) is 0 Å². The standard InChI is InChI=1S/C11H23N5/c1-5-15(11(3,4)8-12)7-10-13-9-14-16(10)6-2/h9H,5-8,12H2,1-4H3. The molecule has 2 N–H and O–H groups in total. The zero-order valence-electron chi connectivity index (χ0n) is 10.8. The summed E-state index contributed by atoms with van der Waals surface area (Å²) in [5.74, 6) is 1.01. The van der Waals surface area contributed by atoms with E-state index >= 15 is 0 Å². The number of hydrogen-bond donors (Lipinski definition) is 1. The summed E-state index contributed by atoms with van der Waals surface area (Å²) in [6.45, 7) is 11.8. The van der Waals surface area contributed by atoms with Gasteiger partial charge < -0.3 is 5.73 Å².